The van der Waals surface area contributed by atoms with Crippen LogP contribution in [0.1, 0.15) is 26.2 Å². The van der Waals surface area contributed by atoms with Gasteiger partial charge >= 0.3 is 11.9 Å². The standard InChI is InChI=1S/C16H23NO6/c1-4-9-8-16(9,15(21)23-5-2)17-13(19)11-6-10(18)7-12(11)14(20)22-3/h4,9-12,18H,1,5-8H2,2-3H3,(H,17,19)/t9-,10-,11+,12+,16+/m0/s1. The zero-order chi connectivity index (χ0) is 17.2. The SMILES string of the molecule is C=C[C@H]1C[C@]1(NC(=O)[C@@H]1C[C@H](O)C[C@H]1C(=O)OC)C(=O)OCC. The first-order chi connectivity index (χ1) is 10.9. The Kier molecular flexibility index (Phi) is 5.09. The molecule has 7 heteroatoms. The summed E-state index contributed by atoms with van der Waals surface area (Å²) in [6.45, 7) is 5.57. The molecule has 0 aliphatic heterocycles. The first-order valence-electron chi connectivity index (χ1n) is 7.77. The van der Waals surface area contributed by atoms with Gasteiger partial charge in [-0.2, -0.15) is 0 Å². The first kappa shape index (κ1) is 17.5. The zero-order valence-corrected chi connectivity index (χ0v) is 13.4. The largest absolute Gasteiger partial charge is 0.469 e. The molecule has 0 radical (unpaired) electrons. The summed E-state index contributed by atoms with van der Waals surface area (Å²) in [6.07, 6.45) is 1.66. The van der Waals surface area contributed by atoms with Crippen molar-refractivity contribution in [3.8, 4) is 0 Å². The summed E-state index contributed by atoms with van der Waals surface area (Å²) in [5.41, 5.74) is -1.09. The van der Waals surface area contributed by atoms with E-state index >= 15 is 0 Å². The van der Waals surface area contributed by atoms with Gasteiger partial charge in [0.05, 0.1) is 31.7 Å². The highest BCUT2D eigenvalue weighted by Gasteiger charge is 2.62. The van der Waals surface area contributed by atoms with Crippen LogP contribution in [0.5, 0.6) is 0 Å². The number of hydrogen-bond acceptors (Lipinski definition) is 6. The number of rotatable bonds is 6. The molecule has 23 heavy (non-hydrogen) atoms. The van der Waals surface area contributed by atoms with Crippen molar-refractivity contribution >= 4 is 17.8 Å². The van der Waals surface area contributed by atoms with E-state index in [1.54, 1.807) is 13.0 Å². The normalized spacial score (nSPS) is 35.3. The van der Waals surface area contributed by atoms with E-state index in [0.717, 1.165) is 0 Å². The number of amides is 1. The van der Waals surface area contributed by atoms with Gasteiger partial charge in [0.2, 0.25) is 5.91 Å². The molecule has 0 aromatic rings. The van der Waals surface area contributed by atoms with Crippen molar-refractivity contribution in [2.45, 2.75) is 37.8 Å². The van der Waals surface area contributed by atoms with Crippen molar-refractivity contribution in [2.24, 2.45) is 17.8 Å². The second-order valence-electron chi connectivity index (χ2n) is 6.09. The van der Waals surface area contributed by atoms with E-state index in [4.69, 9.17) is 9.47 Å². The topological polar surface area (TPSA) is 102 Å². The summed E-state index contributed by atoms with van der Waals surface area (Å²) >= 11 is 0. The summed E-state index contributed by atoms with van der Waals surface area (Å²) in [4.78, 5) is 36.5. The van der Waals surface area contributed by atoms with E-state index in [1.807, 2.05) is 0 Å². The molecule has 0 saturated heterocycles. The van der Waals surface area contributed by atoms with Crippen molar-refractivity contribution in [3.63, 3.8) is 0 Å². The Hall–Kier alpha value is -1.89. The molecule has 1 amide bonds. The number of aliphatic hydroxyl groups excluding tert-OH is 1. The van der Waals surface area contributed by atoms with E-state index in [0.29, 0.717) is 6.42 Å². The highest BCUT2D eigenvalue weighted by molar-refractivity contribution is 5.94. The quantitative estimate of drug-likeness (QED) is 0.533. The molecule has 7 nitrogen and oxygen atoms in total. The van der Waals surface area contributed by atoms with Gasteiger partial charge in [0.1, 0.15) is 5.54 Å². The van der Waals surface area contributed by atoms with E-state index in [2.05, 4.69) is 11.9 Å². The van der Waals surface area contributed by atoms with Crippen molar-refractivity contribution < 1.29 is 29.0 Å². The molecule has 5 atom stereocenters. The first-order valence-corrected chi connectivity index (χ1v) is 7.77. The molecule has 2 rings (SSSR count). The fraction of sp³-hybridized carbons (Fsp3) is 0.688. The van der Waals surface area contributed by atoms with Gasteiger partial charge in [-0.3, -0.25) is 9.59 Å². The number of nitrogens with one attached hydrogen (secondary N) is 1. The van der Waals surface area contributed by atoms with Crippen molar-refractivity contribution in [1.29, 1.82) is 0 Å². The van der Waals surface area contributed by atoms with Gasteiger partial charge in [-0.25, -0.2) is 4.79 Å². The van der Waals surface area contributed by atoms with Gasteiger partial charge in [0.15, 0.2) is 0 Å². The number of aliphatic hydroxyl groups is 1. The van der Waals surface area contributed by atoms with E-state index < -0.39 is 41.3 Å². The minimum Gasteiger partial charge on any atom is -0.469 e. The molecular weight excluding hydrogens is 302 g/mol. The van der Waals surface area contributed by atoms with Crippen LogP contribution < -0.4 is 5.32 Å². The molecule has 0 aromatic carbocycles. The minimum absolute atomic E-state index is 0.170. The number of methoxy groups -OCH3 is 1. The summed E-state index contributed by atoms with van der Waals surface area (Å²) in [7, 11) is 1.25. The molecule has 0 aromatic heterocycles. The fourth-order valence-electron chi connectivity index (χ4n) is 3.29. The van der Waals surface area contributed by atoms with Crippen LogP contribution >= 0.6 is 0 Å². The second kappa shape index (κ2) is 6.70. The van der Waals surface area contributed by atoms with Crippen molar-refractivity contribution in [3.05, 3.63) is 12.7 Å². The Labute approximate surface area is 135 Å². The molecule has 2 aliphatic rings. The smallest absolute Gasteiger partial charge is 0.332 e. The summed E-state index contributed by atoms with van der Waals surface area (Å²) in [5, 5.41) is 12.5. The van der Waals surface area contributed by atoms with Crippen molar-refractivity contribution in [2.75, 3.05) is 13.7 Å². The van der Waals surface area contributed by atoms with Gasteiger partial charge in [-0.05, 0) is 26.2 Å². The Bertz CT molecular complexity index is 519. The molecule has 128 valence electrons. The maximum atomic E-state index is 12.6. The number of carbonyl (C=O) groups is 3. The Balaban J connectivity index is 2.11. The highest BCUT2D eigenvalue weighted by Crippen LogP contribution is 2.46. The maximum Gasteiger partial charge on any atom is 0.332 e. The molecule has 0 unspecified atom stereocenters. The fourth-order valence-corrected chi connectivity index (χ4v) is 3.29. The molecule has 0 heterocycles. The molecule has 2 saturated carbocycles. The Morgan fingerprint density at radius 2 is 2.00 bits per heavy atom. The molecular formula is C16H23NO6. The minimum atomic E-state index is -1.09. The number of ether oxygens (including phenoxy) is 2. The van der Waals surface area contributed by atoms with E-state index in [-0.39, 0.29) is 25.4 Å². The third-order valence-corrected chi connectivity index (χ3v) is 4.66. The zero-order valence-electron chi connectivity index (χ0n) is 13.4. The van der Waals surface area contributed by atoms with Gasteiger partial charge in [0.25, 0.3) is 0 Å². The predicted octanol–water partition coefficient (Wildman–Crippen LogP) is 0.170. The Morgan fingerprint density at radius 3 is 2.52 bits per heavy atom. The van der Waals surface area contributed by atoms with Crippen LogP contribution in [-0.2, 0) is 23.9 Å². The molecule has 0 spiro atoms. The van der Waals surface area contributed by atoms with Gasteiger partial charge < -0.3 is 19.9 Å². The maximum absolute atomic E-state index is 12.6. The van der Waals surface area contributed by atoms with Crippen LogP contribution in [0.15, 0.2) is 12.7 Å². The van der Waals surface area contributed by atoms with Gasteiger partial charge in [-0.15, -0.1) is 6.58 Å². The lowest BCUT2D eigenvalue weighted by atomic mass is 9.94. The van der Waals surface area contributed by atoms with Crippen LogP contribution in [0, 0.1) is 17.8 Å². The predicted molar refractivity (Wildman–Crippen MR) is 80.0 cm³/mol. The van der Waals surface area contributed by atoms with Crippen LogP contribution in [-0.4, -0.2) is 48.3 Å². The monoisotopic (exact) mass is 325 g/mol. The average Bonchev–Trinajstić information content (AvgIpc) is 3.10. The summed E-state index contributed by atoms with van der Waals surface area (Å²) in [5.74, 6) is -3.05. The van der Waals surface area contributed by atoms with E-state index in [1.165, 1.54) is 7.11 Å². The number of carbonyl (C=O) groups excluding carboxylic acids is 3. The number of esters is 2. The van der Waals surface area contributed by atoms with Crippen LogP contribution in [0.25, 0.3) is 0 Å². The van der Waals surface area contributed by atoms with Crippen LogP contribution in [0.4, 0.5) is 0 Å². The third-order valence-electron chi connectivity index (χ3n) is 4.66. The highest BCUT2D eigenvalue weighted by atomic mass is 16.5. The second-order valence-corrected chi connectivity index (χ2v) is 6.09. The number of hydrogen-bond donors (Lipinski definition) is 2. The molecule has 2 N–H and O–H groups in total. The van der Waals surface area contributed by atoms with Crippen LogP contribution in [0.3, 0.4) is 0 Å². The summed E-state index contributed by atoms with van der Waals surface area (Å²) in [6, 6.07) is 0. The lowest BCUT2D eigenvalue weighted by Gasteiger charge is -2.22. The third kappa shape index (κ3) is 3.24. The molecule has 2 fully saturated rings. The Morgan fingerprint density at radius 1 is 1.35 bits per heavy atom. The molecule has 0 bridgehead atoms. The lowest BCUT2D eigenvalue weighted by molar-refractivity contribution is -0.151. The average molecular weight is 325 g/mol. The van der Waals surface area contributed by atoms with E-state index in [9.17, 15) is 19.5 Å². The lowest BCUT2D eigenvalue weighted by Crippen LogP contribution is -2.49. The van der Waals surface area contributed by atoms with Crippen LogP contribution in [0.2, 0.25) is 0 Å². The van der Waals surface area contributed by atoms with Gasteiger partial charge in [0, 0.05) is 5.92 Å². The summed E-state index contributed by atoms with van der Waals surface area (Å²) < 4.78 is 9.74. The van der Waals surface area contributed by atoms with Crippen molar-refractivity contribution in [1.82, 2.24) is 5.32 Å². The van der Waals surface area contributed by atoms with Gasteiger partial charge in [-0.1, -0.05) is 6.08 Å². The molecule has 2 aliphatic carbocycles.